The van der Waals surface area contributed by atoms with Gasteiger partial charge in [-0.2, -0.15) is 0 Å². The number of carbonyl (C=O) groups is 1. The smallest absolute Gasteiger partial charge is 0.260 e. The summed E-state index contributed by atoms with van der Waals surface area (Å²) in [6.07, 6.45) is 6.65. The maximum atomic E-state index is 12.8. The van der Waals surface area contributed by atoms with Crippen molar-refractivity contribution in [2.45, 2.75) is 32.4 Å². The Labute approximate surface area is 151 Å². The second-order valence-electron chi connectivity index (χ2n) is 6.26. The third kappa shape index (κ3) is 3.42. The van der Waals surface area contributed by atoms with Crippen molar-refractivity contribution >= 4 is 17.5 Å². The van der Waals surface area contributed by atoms with Crippen LogP contribution in [0.5, 0.6) is 0 Å². The Morgan fingerprint density at radius 1 is 1.12 bits per heavy atom. The Kier molecular flexibility index (Phi) is 4.59. The molecule has 0 bridgehead atoms. The Morgan fingerprint density at radius 2 is 2.04 bits per heavy atom. The van der Waals surface area contributed by atoms with E-state index in [-0.39, 0.29) is 5.91 Å². The molecule has 2 aromatic heterocycles. The number of fused-ring (bicyclic) bond motifs is 1. The van der Waals surface area contributed by atoms with Gasteiger partial charge in [0, 0.05) is 37.6 Å². The van der Waals surface area contributed by atoms with Gasteiger partial charge in [0.25, 0.3) is 5.91 Å². The highest BCUT2D eigenvalue weighted by Crippen LogP contribution is 2.20. The van der Waals surface area contributed by atoms with Crippen molar-refractivity contribution in [1.29, 1.82) is 0 Å². The van der Waals surface area contributed by atoms with Crippen LogP contribution in [0.15, 0.2) is 48.8 Å². The van der Waals surface area contributed by atoms with Gasteiger partial charge in [-0.3, -0.25) is 19.7 Å². The van der Waals surface area contributed by atoms with Crippen LogP contribution in [0, 0.1) is 0 Å². The van der Waals surface area contributed by atoms with Crippen LogP contribution in [0.25, 0.3) is 0 Å². The molecule has 7 heteroatoms. The SMILES string of the molecule is O=C(Nc1nnc2n1CCCC2)c1ccccc1NCc1cccnc1. The molecule has 7 nitrogen and oxygen atoms in total. The van der Waals surface area contributed by atoms with Gasteiger partial charge >= 0.3 is 0 Å². The number of para-hydroxylation sites is 1. The van der Waals surface area contributed by atoms with Crippen LogP contribution in [0.4, 0.5) is 11.6 Å². The zero-order chi connectivity index (χ0) is 17.8. The number of nitrogens with zero attached hydrogens (tertiary/aromatic N) is 4. The number of carbonyl (C=O) groups excluding carboxylic acids is 1. The lowest BCUT2D eigenvalue weighted by atomic mass is 10.1. The van der Waals surface area contributed by atoms with Gasteiger partial charge in [-0.1, -0.05) is 18.2 Å². The number of anilines is 2. The van der Waals surface area contributed by atoms with Gasteiger partial charge in [-0.05, 0) is 36.6 Å². The molecule has 0 saturated carbocycles. The molecule has 1 aliphatic rings. The molecule has 0 unspecified atom stereocenters. The molecular formula is C19H20N6O. The van der Waals surface area contributed by atoms with Crippen molar-refractivity contribution < 1.29 is 4.79 Å². The summed E-state index contributed by atoms with van der Waals surface area (Å²) in [4.78, 5) is 16.9. The first kappa shape index (κ1) is 16.3. The van der Waals surface area contributed by atoms with Crippen molar-refractivity contribution in [1.82, 2.24) is 19.7 Å². The lowest BCUT2D eigenvalue weighted by molar-refractivity contribution is 0.102. The van der Waals surface area contributed by atoms with Gasteiger partial charge in [-0.25, -0.2) is 0 Å². The van der Waals surface area contributed by atoms with Crippen molar-refractivity contribution in [2.75, 3.05) is 10.6 Å². The zero-order valence-electron chi connectivity index (χ0n) is 14.4. The van der Waals surface area contributed by atoms with Crippen LogP contribution in [-0.4, -0.2) is 25.7 Å². The largest absolute Gasteiger partial charge is 0.380 e. The summed E-state index contributed by atoms with van der Waals surface area (Å²) in [5.74, 6) is 1.27. The van der Waals surface area contributed by atoms with E-state index in [0.717, 1.165) is 42.9 Å². The van der Waals surface area contributed by atoms with Crippen molar-refractivity contribution in [3.05, 3.63) is 65.7 Å². The molecule has 0 radical (unpaired) electrons. The van der Waals surface area contributed by atoms with Crippen LogP contribution in [0.2, 0.25) is 0 Å². The second kappa shape index (κ2) is 7.35. The summed E-state index contributed by atoms with van der Waals surface area (Å²) in [6.45, 7) is 1.44. The van der Waals surface area contributed by atoms with Crippen LogP contribution < -0.4 is 10.6 Å². The lowest BCUT2D eigenvalue weighted by Crippen LogP contribution is -2.19. The van der Waals surface area contributed by atoms with Crippen LogP contribution in [0.3, 0.4) is 0 Å². The first-order valence-electron chi connectivity index (χ1n) is 8.76. The molecule has 0 saturated heterocycles. The monoisotopic (exact) mass is 348 g/mol. The second-order valence-corrected chi connectivity index (χ2v) is 6.26. The van der Waals surface area contributed by atoms with Gasteiger partial charge in [0.1, 0.15) is 5.82 Å². The molecule has 0 aliphatic carbocycles. The molecule has 1 amide bonds. The van der Waals surface area contributed by atoms with E-state index in [9.17, 15) is 4.79 Å². The van der Waals surface area contributed by atoms with Crippen molar-refractivity contribution in [3.8, 4) is 0 Å². The van der Waals surface area contributed by atoms with Crippen LogP contribution in [0.1, 0.15) is 34.6 Å². The van der Waals surface area contributed by atoms with E-state index in [0.29, 0.717) is 18.1 Å². The van der Waals surface area contributed by atoms with Gasteiger partial charge < -0.3 is 5.32 Å². The summed E-state index contributed by atoms with van der Waals surface area (Å²) in [6, 6.07) is 11.3. The number of benzene rings is 1. The number of aromatic nitrogens is 4. The third-order valence-electron chi connectivity index (χ3n) is 4.46. The summed E-state index contributed by atoms with van der Waals surface area (Å²) in [5, 5.41) is 14.5. The Hall–Kier alpha value is -3.22. The fourth-order valence-corrected chi connectivity index (χ4v) is 3.10. The number of hydrogen-bond acceptors (Lipinski definition) is 5. The summed E-state index contributed by atoms with van der Waals surface area (Å²) in [7, 11) is 0. The molecule has 3 heterocycles. The maximum absolute atomic E-state index is 12.8. The van der Waals surface area contributed by atoms with E-state index in [1.807, 2.05) is 34.9 Å². The average Bonchev–Trinajstić information content (AvgIpc) is 3.10. The number of aryl methyl sites for hydroxylation is 1. The van der Waals surface area contributed by atoms with Crippen LogP contribution >= 0.6 is 0 Å². The predicted octanol–water partition coefficient (Wildman–Crippen LogP) is 2.87. The fraction of sp³-hybridized carbons (Fsp3) is 0.263. The van der Waals surface area contributed by atoms with E-state index in [1.54, 1.807) is 18.5 Å². The molecule has 4 rings (SSSR count). The summed E-state index contributed by atoms with van der Waals surface area (Å²) in [5.41, 5.74) is 2.39. The minimum atomic E-state index is -0.194. The molecule has 0 atom stereocenters. The highest BCUT2D eigenvalue weighted by Gasteiger charge is 2.19. The molecule has 2 N–H and O–H groups in total. The molecule has 1 aromatic carbocycles. The number of nitrogens with one attached hydrogen (secondary N) is 2. The number of rotatable bonds is 5. The third-order valence-corrected chi connectivity index (χ3v) is 4.46. The van der Waals surface area contributed by atoms with E-state index < -0.39 is 0 Å². The molecular weight excluding hydrogens is 328 g/mol. The van der Waals surface area contributed by atoms with Gasteiger partial charge in [0.05, 0.1) is 5.56 Å². The molecule has 0 spiro atoms. The van der Waals surface area contributed by atoms with E-state index in [4.69, 9.17) is 0 Å². The normalized spacial score (nSPS) is 13.1. The standard InChI is InChI=1S/C19H20N6O/c26-18(22-19-24-23-17-9-3-4-11-25(17)19)15-7-1-2-8-16(15)21-13-14-6-5-10-20-12-14/h1-2,5-8,10,12,21H,3-4,9,11,13H2,(H,22,24,26). The molecule has 132 valence electrons. The summed E-state index contributed by atoms with van der Waals surface area (Å²) >= 11 is 0. The fourth-order valence-electron chi connectivity index (χ4n) is 3.10. The van der Waals surface area contributed by atoms with Gasteiger partial charge in [0.15, 0.2) is 0 Å². The molecule has 26 heavy (non-hydrogen) atoms. The maximum Gasteiger partial charge on any atom is 0.260 e. The van der Waals surface area contributed by atoms with Crippen LogP contribution in [-0.2, 0) is 19.5 Å². The first-order valence-corrected chi connectivity index (χ1v) is 8.76. The Balaban J connectivity index is 1.50. The topological polar surface area (TPSA) is 84.7 Å². The van der Waals surface area contributed by atoms with Gasteiger partial charge in [0.2, 0.25) is 5.95 Å². The number of pyridine rings is 1. The van der Waals surface area contributed by atoms with E-state index >= 15 is 0 Å². The van der Waals surface area contributed by atoms with Crippen molar-refractivity contribution in [2.24, 2.45) is 0 Å². The molecule has 1 aliphatic heterocycles. The number of amides is 1. The van der Waals surface area contributed by atoms with E-state index in [1.165, 1.54) is 0 Å². The van der Waals surface area contributed by atoms with Crippen molar-refractivity contribution in [3.63, 3.8) is 0 Å². The Morgan fingerprint density at radius 3 is 2.92 bits per heavy atom. The van der Waals surface area contributed by atoms with E-state index in [2.05, 4.69) is 25.8 Å². The lowest BCUT2D eigenvalue weighted by Gasteiger charge is -2.15. The minimum Gasteiger partial charge on any atom is -0.380 e. The molecule has 0 fully saturated rings. The average molecular weight is 348 g/mol. The van der Waals surface area contributed by atoms with Gasteiger partial charge in [-0.15, -0.1) is 10.2 Å². The minimum absolute atomic E-state index is 0.194. The zero-order valence-corrected chi connectivity index (χ0v) is 14.4. The quantitative estimate of drug-likeness (QED) is 0.741. The molecule has 3 aromatic rings. The Bertz CT molecular complexity index is 905. The highest BCUT2D eigenvalue weighted by molar-refractivity contribution is 6.07. The summed E-state index contributed by atoms with van der Waals surface area (Å²) < 4.78 is 1.99. The predicted molar refractivity (Wildman–Crippen MR) is 98.9 cm³/mol. The highest BCUT2D eigenvalue weighted by atomic mass is 16.1. The first-order chi connectivity index (χ1) is 12.8. The number of hydrogen-bond donors (Lipinski definition) is 2.